The van der Waals surface area contributed by atoms with Gasteiger partial charge in [-0.25, -0.2) is 9.59 Å². The molecule has 0 radical (unpaired) electrons. The highest BCUT2D eigenvalue weighted by molar-refractivity contribution is 6.33. The molecule has 0 saturated carbocycles. The van der Waals surface area contributed by atoms with Crippen molar-refractivity contribution in [1.82, 2.24) is 9.78 Å². The van der Waals surface area contributed by atoms with Crippen LogP contribution < -0.4 is 18.9 Å². The number of unbranched alkanes of at least 4 members (excludes halogenated alkanes) is 1. The summed E-state index contributed by atoms with van der Waals surface area (Å²) in [6.45, 7) is 3.15. The summed E-state index contributed by atoms with van der Waals surface area (Å²) in [5, 5.41) is 24.8. The Kier molecular flexibility index (Phi) is 10.2. The van der Waals surface area contributed by atoms with Crippen molar-refractivity contribution in [2.75, 3.05) is 20.8 Å². The van der Waals surface area contributed by atoms with Crippen LogP contribution in [0.4, 0.5) is 0 Å². The van der Waals surface area contributed by atoms with Gasteiger partial charge in [-0.3, -0.25) is 4.68 Å². The fraction of sp³-hybridized carbons (Fsp3) is 0.286. The average Bonchev–Trinajstić information content (AvgIpc) is 3.67. The van der Waals surface area contributed by atoms with Crippen LogP contribution in [0.5, 0.6) is 23.0 Å². The van der Waals surface area contributed by atoms with E-state index in [2.05, 4.69) is 12.0 Å². The molecule has 0 unspecified atom stereocenters. The molecule has 46 heavy (non-hydrogen) atoms. The van der Waals surface area contributed by atoms with Crippen LogP contribution >= 0.6 is 11.6 Å². The maximum Gasteiger partial charge on any atom is 0.337 e. The largest absolute Gasteiger partial charge is 0.497 e. The van der Waals surface area contributed by atoms with Crippen molar-refractivity contribution in [2.45, 2.75) is 45.8 Å². The van der Waals surface area contributed by atoms with E-state index in [-0.39, 0.29) is 29.2 Å². The second-order valence-electron chi connectivity index (χ2n) is 10.8. The Bertz CT molecular complexity index is 1800. The van der Waals surface area contributed by atoms with Gasteiger partial charge in [0.25, 0.3) is 0 Å². The molecule has 1 aliphatic rings. The summed E-state index contributed by atoms with van der Waals surface area (Å²) in [6.07, 6.45) is 5.89. The van der Waals surface area contributed by atoms with E-state index in [1.54, 1.807) is 43.6 Å². The monoisotopic (exact) mass is 646 g/mol. The summed E-state index contributed by atoms with van der Waals surface area (Å²) in [5.41, 5.74) is 4.08. The van der Waals surface area contributed by atoms with Gasteiger partial charge in [0.2, 0.25) is 0 Å². The molecule has 0 spiro atoms. The minimum absolute atomic E-state index is 0.0382. The Morgan fingerprint density at radius 2 is 1.89 bits per heavy atom. The molecule has 11 heteroatoms. The van der Waals surface area contributed by atoms with Crippen LogP contribution in [0.2, 0.25) is 5.02 Å². The van der Waals surface area contributed by atoms with Gasteiger partial charge < -0.3 is 29.2 Å². The summed E-state index contributed by atoms with van der Waals surface area (Å²) in [7, 11) is 3.10. The van der Waals surface area contributed by atoms with Crippen molar-refractivity contribution in [2.24, 2.45) is 0 Å². The number of ether oxygens (including phenoxy) is 4. The molecule has 0 bridgehead atoms. The molecule has 0 saturated heterocycles. The Morgan fingerprint density at radius 1 is 1.07 bits per heavy atom. The number of aromatic carboxylic acids is 1. The van der Waals surface area contributed by atoms with E-state index in [0.717, 1.165) is 30.6 Å². The summed E-state index contributed by atoms with van der Waals surface area (Å²) in [4.78, 5) is 24.6. The molecule has 5 rings (SSSR count). The Labute approximate surface area is 271 Å². The maximum absolute atomic E-state index is 12.6. The van der Waals surface area contributed by atoms with Crippen LogP contribution in [0.25, 0.3) is 17.3 Å². The number of halogens is 1. The van der Waals surface area contributed by atoms with Crippen molar-refractivity contribution >= 4 is 29.6 Å². The minimum atomic E-state index is -1.16. The van der Waals surface area contributed by atoms with Gasteiger partial charge in [-0.05, 0) is 42.8 Å². The lowest BCUT2D eigenvalue weighted by Crippen LogP contribution is -2.08. The SMILES string of the molecule is CCCCn1ncc(/C=C(\Cc2cc3c(cc2OC)CCO3)C(=O)O)c1-c1ccc(OC)cc1OCc1cccc(Cl)c1C(=O)O. The average molecular weight is 647 g/mol. The van der Waals surface area contributed by atoms with E-state index in [1.165, 1.54) is 13.2 Å². The van der Waals surface area contributed by atoms with Crippen LogP contribution in [-0.4, -0.2) is 52.8 Å². The smallest absolute Gasteiger partial charge is 0.337 e. The number of nitrogens with zero attached hydrogens (tertiary/aromatic N) is 2. The van der Waals surface area contributed by atoms with Crippen molar-refractivity contribution in [3.8, 4) is 34.3 Å². The standard InChI is InChI=1S/C35H35ClN2O8/c1-4-5-12-38-33(27-10-9-26(43-2)18-31(27)46-20-22-7-6-8-28(36)32(22)35(41)42)25(19-37-38)15-24(34(39)40)14-23-17-30-21(11-13-45-30)16-29(23)44-3/h6-10,15-19H,4-5,11-14,20H2,1-3H3,(H,39,40)(H,41,42)/b24-15+. The van der Waals surface area contributed by atoms with Crippen LogP contribution in [0.1, 0.15) is 52.4 Å². The Balaban J connectivity index is 1.58. The molecule has 0 atom stereocenters. The normalized spacial score (nSPS) is 12.4. The molecule has 240 valence electrons. The number of carboxylic acids is 2. The van der Waals surface area contributed by atoms with Crippen LogP contribution in [0.15, 0.2) is 60.3 Å². The van der Waals surface area contributed by atoms with Gasteiger partial charge in [0.05, 0.1) is 43.3 Å². The molecule has 2 N–H and O–H groups in total. The second-order valence-corrected chi connectivity index (χ2v) is 11.2. The van der Waals surface area contributed by atoms with Gasteiger partial charge in [0.15, 0.2) is 0 Å². The van der Waals surface area contributed by atoms with Gasteiger partial charge >= 0.3 is 11.9 Å². The van der Waals surface area contributed by atoms with Gasteiger partial charge in [-0.15, -0.1) is 0 Å². The van der Waals surface area contributed by atoms with Crippen LogP contribution in [0, 0.1) is 0 Å². The molecular formula is C35H35ClN2O8. The zero-order valence-electron chi connectivity index (χ0n) is 25.8. The van der Waals surface area contributed by atoms with Gasteiger partial charge in [0.1, 0.15) is 29.6 Å². The highest BCUT2D eigenvalue weighted by Crippen LogP contribution is 2.38. The van der Waals surface area contributed by atoms with E-state index in [0.29, 0.717) is 58.3 Å². The number of aromatic nitrogens is 2. The molecular weight excluding hydrogens is 612 g/mol. The molecule has 3 aromatic carbocycles. The molecule has 0 fully saturated rings. The molecule has 0 amide bonds. The molecule has 2 heterocycles. The number of carbonyl (C=O) groups is 2. The van der Waals surface area contributed by atoms with E-state index in [9.17, 15) is 19.8 Å². The van der Waals surface area contributed by atoms with E-state index in [4.69, 9.17) is 30.5 Å². The topological polar surface area (TPSA) is 129 Å². The lowest BCUT2D eigenvalue weighted by molar-refractivity contribution is -0.132. The van der Waals surface area contributed by atoms with E-state index in [1.807, 2.05) is 22.9 Å². The fourth-order valence-electron chi connectivity index (χ4n) is 5.46. The summed E-state index contributed by atoms with van der Waals surface area (Å²) in [6, 6.07) is 13.9. The van der Waals surface area contributed by atoms with E-state index >= 15 is 0 Å². The third kappa shape index (κ3) is 6.97. The summed E-state index contributed by atoms with van der Waals surface area (Å²) in [5.74, 6) is 0.0225. The van der Waals surface area contributed by atoms with Crippen molar-refractivity contribution in [1.29, 1.82) is 0 Å². The highest BCUT2D eigenvalue weighted by Gasteiger charge is 2.23. The highest BCUT2D eigenvalue weighted by atomic mass is 35.5. The third-order valence-corrected chi connectivity index (χ3v) is 8.12. The number of methoxy groups -OCH3 is 2. The number of hydrogen-bond acceptors (Lipinski definition) is 7. The number of carboxylic acid groups (broad SMARTS) is 2. The number of fused-ring (bicyclic) bond motifs is 1. The first kappa shape index (κ1) is 32.4. The molecule has 0 aliphatic carbocycles. The molecule has 1 aromatic heterocycles. The number of aryl methyl sites for hydroxylation is 1. The Hall–Kier alpha value is -4.96. The number of benzene rings is 3. The molecule has 1 aliphatic heterocycles. The number of aliphatic carboxylic acids is 1. The fourth-order valence-corrected chi connectivity index (χ4v) is 5.74. The van der Waals surface area contributed by atoms with Crippen molar-refractivity contribution < 1.29 is 38.7 Å². The quantitative estimate of drug-likeness (QED) is 0.140. The summed E-state index contributed by atoms with van der Waals surface area (Å²) < 4.78 is 24.9. The molecule has 4 aromatic rings. The zero-order chi connectivity index (χ0) is 32.8. The lowest BCUT2D eigenvalue weighted by atomic mass is 9.98. The first-order chi connectivity index (χ1) is 22.2. The van der Waals surface area contributed by atoms with E-state index < -0.39 is 11.9 Å². The maximum atomic E-state index is 12.6. The third-order valence-electron chi connectivity index (χ3n) is 7.81. The minimum Gasteiger partial charge on any atom is -0.497 e. The first-order valence-electron chi connectivity index (χ1n) is 14.9. The van der Waals surface area contributed by atoms with Crippen LogP contribution in [-0.2, 0) is 30.8 Å². The van der Waals surface area contributed by atoms with Gasteiger partial charge in [-0.1, -0.05) is 37.1 Å². The van der Waals surface area contributed by atoms with Crippen molar-refractivity contribution in [3.05, 3.63) is 93.1 Å². The first-order valence-corrected chi connectivity index (χ1v) is 15.3. The van der Waals surface area contributed by atoms with Crippen LogP contribution in [0.3, 0.4) is 0 Å². The van der Waals surface area contributed by atoms with Gasteiger partial charge in [-0.2, -0.15) is 5.10 Å². The second kappa shape index (κ2) is 14.4. The van der Waals surface area contributed by atoms with Gasteiger partial charge in [0, 0.05) is 58.8 Å². The number of hydrogen-bond donors (Lipinski definition) is 2. The van der Waals surface area contributed by atoms with Crippen molar-refractivity contribution in [3.63, 3.8) is 0 Å². The zero-order valence-corrected chi connectivity index (χ0v) is 26.6. The lowest BCUT2D eigenvalue weighted by Gasteiger charge is -2.17. The predicted molar refractivity (Wildman–Crippen MR) is 173 cm³/mol. The molecule has 10 nitrogen and oxygen atoms in total. The Morgan fingerprint density at radius 3 is 2.61 bits per heavy atom. The number of rotatable bonds is 14. The predicted octanol–water partition coefficient (Wildman–Crippen LogP) is 6.94. The summed E-state index contributed by atoms with van der Waals surface area (Å²) >= 11 is 6.20.